The van der Waals surface area contributed by atoms with Gasteiger partial charge in [-0.3, -0.25) is 9.59 Å². The molecule has 32 heavy (non-hydrogen) atoms. The zero-order valence-corrected chi connectivity index (χ0v) is 16.8. The van der Waals surface area contributed by atoms with E-state index in [0.29, 0.717) is 23.6 Å². The zero-order chi connectivity index (χ0) is 22.7. The Bertz CT molecular complexity index is 1240. The van der Waals surface area contributed by atoms with E-state index >= 15 is 0 Å². The van der Waals surface area contributed by atoms with E-state index in [-0.39, 0.29) is 24.0 Å². The minimum Gasteiger partial charge on any atom is -0.406 e. The summed E-state index contributed by atoms with van der Waals surface area (Å²) in [4.78, 5) is 28.0. The monoisotopic (exact) mass is 442 g/mol. The number of rotatable bonds is 3. The van der Waals surface area contributed by atoms with E-state index in [1.165, 1.54) is 23.0 Å². The molecular weight excluding hydrogens is 425 g/mol. The summed E-state index contributed by atoms with van der Waals surface area (Å²) < 4.78 is 42.7. The molecule has 1 N–H and O–H groups in total. The number of hydrogen-bond acceptors (Lipinski definition) is 4. The van der Waals surface area contributed by atoms with Gasteiger partial charge >= 0.3 is 6.36 Å². The van der Waals surface area contributed by atoms with Crippen molar-refractivity contribution in [3.63, 3.8) is 0 Å². The van der Waals surface area contributed by atoms with E-state index in [0.717, 1.165) is 23.4 Å². The zero-order valence-electron chi connectivity index (χ0n) is 16.8. The van der Waals surface area contributed by atoms with E-state index < -0.39 is 11.8 Å². The van der Waals surface area contributed by atoms with Crippen molar-refractivity contribution in [1.29, 1.82) is 0 Å². The number of amides is 2. The quantitative estimate of drug-likeness (QED) is 0.670. The minimum atomic E-state index is -4.80. The normalized spacial score (nSPS) is 19.7. The Morgan fingerprint density at radius 2 is 1.81 bits per heavy atom. The van der Waals surface area contributed by atoms with Crippen LogP contribution in [0.1, 0.15) is 24.5 Å². The molecule has 2 aliphatic rings. The first-order valence-electron chi connectivity index (χ1n) is 9.90. The van der Waals surface area contributed by atoms with Gasteiger partial charge in [0, 0.05) is 24.2 Å². The largest absolute Gasteiger partial charge is 0.573 e. The number of aromatic nitrogens is 2. The Labute approximate surface area is 180 Å². The SMILES string of the molecule is CCN1C(=O)[C@@]2(CC(=O)Nc3c2cnn3-c2ccc(OC(F)(F)F)cc2)c2ccccc21. The number of ether oxygens (including phenoxy) is 1. The second-order valence-electron chi connectivity index (χ2n) is 7.56. The molecule has 10 heteroatoms. The molecule has 2 amide bonds. The van der Waals surface area contributed by atoms with Crippen LogP contribution in [0.4, 0.5) is 24.7 Å². The molecule has 2 aliphatic heterocycles. The summed E-state index contributed by atoms with van der Waals surface area (Å²) >= 11 is 0. The molecule has 0 unspecified atom stereocenters. The second kappa shape index (κ2) is 6.84. The van der Waals surface area contributed by atoms with Crippen LogP contribution in [0, 0.1) is 0 Å². The van der Waals surface area contributed by atoms with E-state index in [9.17, 15) is 22.8 Å². The summed E-state index contributed by atoms with van der Waals surface area (Å²) in [5.41, 5.74) is 1.23. The highest BCUT2D eigenvalue weighted by Gasteiger charge is 2.56. The van der Waals surface area contributed by atoms with E-state index in [1.54, 1.807) is 4.90 Å². The third-order valence-corrected chi connectivity index (χ3v) is 5.81. The van der Waals surface area contributed by atoms with Gasteiger partial charge in [0.25, 0.3) is 0 Å². The van der Waals surface area contributed by atoms with E-state index in [4.69, 9.17) is 0 Å². The lowest BCUT2D eigenvalue weighted by atomic mass is 9.72. The molecule has 3 heterocycles. The van der Waals surface area contributed by atoms with Gasteiger partial charge in [0.2, 0.25) is 11.8 Å². The van der Waals surface area contributed by atoms with Crippen molar-refractivity contribution in [1.82, 2.24) is 9.78 Å². The predicted molar refractivity (Wildman–Crippen MR) is 109 cm³/mol. The maximum Gasteiger partial charge on any atom is 0.573 e. The van der Waals surface area contributed by atoms with Gasteiger partial charge in [0.05, 0.1) is 11.9 Å². The number of para-hydroxylation sites is 1. The second-order valence-corrected chi connectivity index (χ2v) is 7.56. The summed E-state index contributed by atoms with van der Waals surface area (Å²) in [5.74, 6) is -0.615. The molecule has 3 aromatic rings. The number of benzene rings is 2. The predicted octanol–water partition coefficient (Wildman–Crippen LogP) is 3.77. The molecule has 1 aromatic heterocycles. The summed E-state index contributed by atoms with van der Waals surface area (Å²) in [6.07, 6.45) is -3.33. The number of anilines is 2. The van der Waals surface area contributed by atoms with Crippen LogP contribution in [-0.4, -0.2) is 34.5 Å². The molecule has 2 aromatic carbocycles. The highest BCUT2D eigenvalue weighted by atomic mass is 19.4. The van der Waals surface area contributed by atoms with Gasteiger partial charge in [-0.1, -0.05) is 18.2 Å². The highest BCUT2D eigenvalue weighted by molar-refractivity contribution is 6.15. The fraction of sp³-hybridized carbons (Fsp3) is 0.227. The van der Waals surface area contributed by atoms with Crippen molar-refractivity contribution in [3.8, 4) is 11.4 Å². The van der Waals surface area contributed by atoms with Crippen LogP contribution in [-0.2, 0) is 15.0 Å². The number of hydrogen-bond donors (Lipinski definition) is 1. The number of nitrogens with one attached hydrogen (secondary N) is 1. The standard InChI is InChI=1S/C22H17F3N4O3/c1-2-28-17-6-4-3-5-15(17)21(20(28)31)11-18(30)27-19-16(21)12-26-29(19)13-7-9-14(10-8-13)32-22(23,24)25/h3-10,12H,2,11H2,1H3,(H,27,30)/t21-/m0/s1. The number of halogens is 3. The Kier molecular flexibility index (Phi) is 4.30. The van der Waals surface area contributed by atoms with Crippen molar-refractivity contribution in [2.75, 3.05) is 16.8 Å². The molecule has 7 nitrogen and oxygen atoms in total. The molecule has 0 radical (unpaired) electrons. The van der Waals surface area contributed by atoms with E-state index in [2.05, 4.69) is 15.2 Å². The summed E-state index contributed by atoms with van der Waals surface area (Å²) in [5, 5.41) is 7.13. The fourth-order valence-electron chi connectivity index (χ4n) is 4.55. The first kappa shape index (κ1) is 20.1. The third kappa shape index (κ3) is 2.86. The van der Waals surface area contributed by atoms with Crippen molar-refractivity contribution < 1.29 is 27.5 Å². The average Bonchev–Trinajstić information content (AvgIpc) is 3.26. The third-order valence-electron chi connectivity index (χ3n) is 5.81. The van der Waals surface area contributed by atoms with Crippen LogP contribution in [0.15, 0.2) is 54.7 Å². The Hall–Kier alpha value is -3.82. The Balaban J connectivity index is 1.63. The average molecular weight is 442 g/mol. The maximum atomic E-state index is 13.6. The maximum absolute atomic E-state index is 13.6. The van der Waals surface area contributed by atoms with E-state index in [1.807, 2.05) is 31.2 Å². The lowest BCUT2D eigenvalue weighted by Gasteiger charge is -2.32. The molecule has 1 atom stereocenters. The molecular formula is C22H17F3N4O3. The van der Waals surface area contributed by atoms with Crippen molar-refractivity contribution in [2.45, 2.75) is 25.1 Å². The van der Waals surface area contributed by atoms with Crippen molar-refractivity contribution >= 4 is 23.3 Å². The first-order valence-corrected chi connectivity index (χ1v) is 9.90. The van der Waals surface area contributed by atoms with Crippen LogP contribution >= 0.6 is 0 Å². The molecule has 0 saturated heterocycles. The van der Waals surface area contributed by atoms with Gasteiger partial charge < -0.3 is 15.0 Å². The molecule has 5 rings (SSSR count). The van der Waals surface area contributed by atoms with Crippen molar-refractivity contribution in [2.24, 2.45) is 0 Å². The highest BCUT2D eigenvalue weighted by Crippen LogP contribution is 2.52. The Morgan fingerprint density at radius 1 is 1.09 bits per heavy atom. The lowest BCUT2D eigenvalue weighted by Crippen LogP contribution is -2.46. The summed E-state index contributed by atoms with van der Waals surface area (Å²) in [6, 6.07) is 12.5. The number of nitrogens with zero attached hydrogens (tertiary/aromatic N) is 3. The molecule has 0 saturated carbocycles. The number of alkyl halides is 3. The molecule has 0 aliphatic carbocycles. The molecule has 164 valence electrons. The fourth-order valence-corrected chi connectivity index (χ4v) is 4.55. The topological polar surface area (TPSA) is 76.5 Å². The van der Waals surface area contributed by atoms with Gasteiger partial charge in [-0.25, -0.2) is 4.68 Å². The van der Waals surface area contributed by atoms with Gasteiger partial charge in [-0.05, 0) is 42.8 Å². The van der Waals surface area contributed by atoms with Gasteiger partial charge in [0.1, 0.15) is 17.0 Å². The van der Waals surface area contributed by atoms with Crippen LogP contribution in [0.25, 0.3) is 5.69 Å². The summed E-state index contributed by atoms with van der Waals surface area (Å²) in [6.45, 7) is 2.31. The van der Waals surface area contributed by atoms with Crippen LogP contribution < -0.4 is 15.0 Å². The smallest absolute Gasteiger partial charge is 0.406 e. The van der Waals surface area contributed by atoms with Crippen molar-refractivity contribution in [3.05, 3.63) is 65.9 Å². The number of likely N-dealkylation sites (N-methyl/N-ethyl adjacent to an activating group) is 1. The lowest BCUT2D eigenvalue weighted by molar-refractivity contribution is -0.274. The number of fused-ring (bicyclic) bond motifs is 4. The van der Waals surface area contributed by atoms with Gasteiger partial charge in [-0.2, -0.15) is 5.10 Å². The van der Waals surface area contributed by atoms with Crippen LogP contribution in [0.2, 0.25) is 0 Å². The number of carbonyl (C=O) groups is 2. The summed E-state index contributed by atoms with van der Waals surface area (Å²) in [7, 11) is 0. The molecule has 1 spiro atoms. The minimum absolute atomic E-state index is 0.0591. The van der Waals surface area contributed by atoms with Crippen LogP contribution in [0.5, 0.6) is 5.75 Å². The first-order chi connectivity index (χ1) is 15.2. The number of carbonyl (C=O) groups excluding carboxylic acids is 2. The van der Waals surface area contributed by atoms with Crippen LogP contribution in [0.3, 0.4) is 0 Å². The van der Waals surface area contributed by atoms with Gasteiger partial charge in [-0.15, -0.1) is 13.2 Å². The molecule has 0 bridgehead atoms. The molecule has 0 fully saturated rings. The Morgan fingerprint density at radius 3 is 2.50 bits per heavy atom. The van der Waals surface area contributed by atoms with Gasteiger partial charge in [0.15, 0.2) is 0 Å².